The minimum atomic E-state index is -4.63. The summed E-state index contributed by atoms with van der Waals surface area (Å²) < 4.78 is 42.1. The monoisotopic (exact) mass is 285 g/mol. The molecule has 2 aromatic heterocycles. The van der Waals surface area contributed by atoms with E-state index in [1.165, 1.54) is 32.2 Å². The highest BCUT2D eigenvalue weighted by atomic mass is 19.4. The van der Waals surface area contributed by atoms with Gasteiger partial charge in [-0.2, -0.15) is 13.2 Å². The molecular weight excluding hydrogens is 275 g/mol. The number of nitrogens with zero attached hydrogens (tertiary/aromatic N) is 2. The van der Waals surface area contributed by atoms with E-state index in [-0.39, 0.29) is 17.4 Å². The van der Waals surface area contributed by atoms with Gasteiger partial charge in [-0.3, -0.25) is 4.79 Å². The van der Waals surface area contributed by atoms with Crippen LogP contribution in [0.15, 0.2) is 22.7 Å². The van der Waals surface area contributed by atoms with Crippen molar-refractivity contribution < 1.29 is 22.4 Å². The minimum absolute atomic E-state index is 0.0476. The van der Waals surface area contributed by atoms with Crippen LogP contribution in [0.3, 0.4) is 0 Å². The quantitative estimate of drug-likeness (QED) is 0.920. The molecule has 0 aliphatic rings. The molecule has 0 atom stereocenters. The van der Waals surface area contributed by atoms with Crippen LogP contribution in [0.4, 0.5) is 19.0 Å². The molecule has 2 rings (SSSR count). The second kappa shape index (κ2) is 4.95. The number of amides is 1. The van der Waals surface area contributed by atoms with Crippen LogP contribution in [-0.4, -0.2) is 15.9 Å². The first-order chi connectivity index (χ1) is 9.27. The molecule has 0 saturated heterocycles. The highest BCUT2D eigenvalue weighted by Crippen LogP contribution is 2.33. The summed E-state index contributed by atoms with van der Waals surface area (Å²) in [6.07, 6.45) is -3.32. The van der Waals surface area contributed by atoms with Gasteiger partial charge in [-0.1, -0.05) is 0 Å². The van der Waals surface area contributed by atoms with E-state index in [2.05, 4.69) is 19.7 Å². The number of carbonyl (C=O) groups is 1. The topological polar surface area (TPSA) is 68.0 Å². The van der Waals surface area contributed by atoms with Crippen molar-refractivity contribution in [2.45, 2.75) is 20.0 Å². The highest BCUT2D eigenvalue weighted by Gasteiger charge is 2.38. The molecule has 0 fully saturated rings. The van der Waals surface area contributed by atoms with Crippen LogP contribution >= 0.6 is 0 Å². The largest absolute Gasteiger partial charge is 0.468 e. The number of carbonyl (C=O) groups excluding carboxylic acids is 1. The molecule has 106 valence electrons. The van der Waals surface area contributed by atoms with Crippen molar-refractivity contribution in [3.05, 3.63) is 30.0 Å². The normalized spacial score (nSPS) is 11.4. The van der Waals surface area contributed by atoms with E-state index < -0.39 is 12.1 Å². The average Bonchev–Trinajstić information content (AvgIpc) is 2.71. The van der Waals surface area contributed by atoms with Gasteiger partial charge in [0.15, 0.2) is 0 Å². The SMILES string of the molecule is CC(=O)Nc1ccc(-c2nc(C(F)(F)F)oc2C)cn1. The second-order valence-corrected chi connectivity index (χ2v) is 4.03. The predicted octanol–water partition coefficient (Wildman–Crippen LogP) is 3.02. The van der Waals surface area contributed by atoms with Crippen molar-refractivity contribution in [1.82, 2.24) is 9.97 Å². The lowest BCUT2D eigenvalue weighted by Gasteiger charge is -2.02. The average molecular weight is 285 g/mol. The number of anilines is 1. The van der Waals surface area contributed by atoms with Gasteiger partial charge in [0.25, 0.3) is 0 Å². The fraction of sp³-hybridized carbons (Fsp3) is 0.250. The summed E-state index contributed by atoms with van der Waals surface area (Å²) in [5.41, 5.74) is 0.440. The Morgan fingerprint density at radius 1 is 1.35 bits per heavy atom. The number of hydrogen-bond donors (Lipinski definition) is 1. The zero-order valence-corrected chi connectivity index (χ0v) is 10.6. The lowest BCUT2D eigenvalue weighted by atomic mass is 10.2. The maximum absolute atomic E-state index is 12.5. The summed E-state index contributed by atoms with van der Waals surface area (Å²) in [7, 11) is 0. The maximum atomic E-state index is 12.5. The minimum Gasteiger partial charge on any atom is -0.438 e. The predicted molar refractivity (Wildman–Crippen MR) is 63.8 cm³/mol. The van der Waals surface area contributed by atoms with Crippen molar-refractivity contribution in [2.75, 3.05) is 5.32 Å². The highest BCUT2D eigenvalue weighted by molar-refractivity contribution is 5.87. The van der Waals surface area contributed by atoms with Crippen molar-refractivity contribution in [3.8, 4) is 11.3 Å². The molecule has 1 amide bonds. The van der Waals surface area contributed by atoms with Crippen LogP contribution in [0.2, 0.25) is 0 Å². The third-order valence-corrected chi connectivity index (χ3v) is 2.38. The van der Waals surface area contributed by atoms with Gasteiger partial charge in [0.2, 0.25) is 5.91 Å². The van der Waals surface area contributed by atoms with Crippen molar-refractivity contribution in [2.24, 2.45) is 0 Å². The Kier molecular flexibility index (Phi) is 3.47. The summed E-state index contributed by atoms with van der Waals surface area (Å²) in [5, 5.41) is 2.45. The van der Waals surface area contributed by atoms with Crippen LogP contribution in [0.1, 0.15) is 18.6 Å². The molecule has 2 heterocycles. The molecule has 0 aliphatic heterocycles. The Hall–Kier alpha value is -2.38. The molecule has 1 N–H and O–H groups in total. The van der Waals surface area contributed by atoms with Crippen LogP contribution in [0.25, 0.3) is 11.3 Å². The number of aryl methyl sites for hydroxylation is 1. The number of nitrogens with one attached hydrogen (secondary N) is 1. The lowest BCUT2D eigenvalue weighted by Crippen LogP contribution is -2.07. The van der Waals surface area contributed by atoms with E-state index in [9.17, 15) is 18.0 Å². The van der Waals surface area contributed by atoms with Crippen molar-refractivity contribution in [1.29, 1.82) is 0 Å². The second-order valence-electron chi connectivity index (χ2n) is 4.03. The fourth-order valence-corrected chi connectivity index (χ4v) is 1.57. The molecule has 5 nitrogen and oxygen atoms in total. The Labute approximate surface area is 111 Å². The zero-order chi connectivity index (χ0) is 14.9. The molecule has 0 saturated carbocycles. The van der Waals surface area contributed by atoms with Gasteiger partial charge in [-0.05, 0) is 19.1 Å². The standard InChI is InChI=1S/C12H10F3N3O2/c1-6-10(18-11(20-6)12(13,14)15)8-3-4-9(16-5-8)17-7(2)19/h3-5H,1-2H3,(H,16,17,19). The number of alkyl halides is 3. The van der Waals surface area contributed by atoms with Crippen LogP contribution in [0, 0.1) is 6.92 Å². The first-order valence-corrected chi connectivity index (χ1v) is 5.56. The number of hydrogen-bond acceptors (Lipinski definition) is 4. The molecule has 0 radical (unpaired) electrons. The molecule has 0 unspecified atom stereocenters. The van der Waals surface area contributed by atoms with Gasteiger partial charge in [-0.15, -0.1) is 0 Å². The number of pyridine rings is 1. The van der Waals surface area contributed by atoms with Gasteiger partial charge >= 0.3 is 12.1 Å². The van der Waals surface area contributed by atoms with Crippen molar-refractivity contribution >= 4 is 11.7 Å². The summed E-state index contributed by atoms with van der Waals surface area (Å²) in [6, 6.07) is 2.97. The first kappa shape index (κ1) is 14.0. The van der Waals surface area contributed by atoms with Gasteiger partial charge in [0, 0.05) is 18.7 Å². The van der Waals surface area contributed by atoms with E-state index in [1.807, 2.05) is 0 Å². The van der Waals surface area contributed by atoms with Gasteiger partial charge < -0.3 is 9.73 Å². The Morgan fingerprint density at radius 3 is 2.50 bits per heavy atom. The molecule has 2 aromatic rings. The molecule has 0 bridgehead atoms. The molecule has 0 spiro atoms. The van der Waals surface area contributed by atoms with Gasteiger partial charge in [-0.25, -0.2) is 9.97 Å². The first-order valence-electron chi connectivity index (χ1n) is 5.56. The third kappa shape index (κ3) is 2.95. The molecule has 0 aromatic carbocycles. The summed E-state index contributed by atoms with van der Waals surface area (Å²) in [5.74, 6) is -1.23. The van der Waals surface area contributed by atoms with Crippen LogP contribution in [-0.2, 0) is 11.0 Å². The third-order valence-electron chi connectivity index (χ3n) is 2.38. The maximum Gasteiger partial charge on any atom is 0.468 e. The number of halogens is 3. The summed E-state index contributed by atoms with van der Waals surface area (Å²) >= 11 is 0. The van der Waals surface area contributed by atoms with E-state index in [0.717, 1.165) is 0 Å². The van der Waals surface area contributed by atoms with Crippen LogP contribution in [0.5, 0.6) is 0 Å². The Bertz CT molecular complexity index is 632. The van der Waals surface area contributed by atoms with E-state index in [0.29, 0.717) is 11.4 Å². The fourth-order valence-electron chi connectivity index (χ4n) is 1.57. The smallest absolute Gasteiger partial charge is 0.438 e. The number of rotatable bonds is 2. The Balaban J connectivity index is 2.32. The number of aromatic nitrogens is 2. The zero-order valence-electron chi connectivity index (χ0n) is 10.6. The Morgan fingerprint density at radius 2 is 2.05 bits per heavy atom. The summed E-state index contributed by atoms with van der Waals surface area (Å²) in [6.45, 7) is 2.71. The number of oxazole rings is 1. The molecule has 8 heteroatoms. The van der Waals surface area contributed by atoms with E-state index >= 15 is 0 Å². The summed E-state index contributed by atoms with van der Waals surface area (Å²) in [4.78, 5) is 18.2. The van der Waals surface area contributed by atoms with Gasteiger partial charge in [0.05, 0.1) is 0 Å². The molecule has 20 heavy (non-hydrogen) atoms. The van der Waals surface area contributed by atoms with E-state index in [4.69, 9.17) is 0 Å². The van der Waals surface area contributed by atoms with Crippen LogP contribution < -0.4 is 5.32 Å². The lowest BCUT2D eigenvalue weighted by molar-refractivity contribution is -0.157. The molecule has 0 aliphatic carbocycles. The van der Waals surface area contributed by atoms with Gasteiger partial charge in [0.1, 0.15) is 17.3 Å². The van der Waals surface area contributed by atoms with E-state index in [1.54, 1.807) is 0 Å². The van der Waals surface area contributed by atoms with Crippen molar-refractivity contribution in [3.63, 3.8) is 0 Å². The molecular formula is C12H10F3N3O2.